The van der Waals surface area contributed by atoms with Crippen LogP contribution < -0.4 is 9.47 Å². The number of ether oxygens (including phenoxy) is 2. The number of carboxylic acid groups (broad SMARTS) is 1. The topological polar surface area (TPSA) is 228 Å². The van der Waals surface area contributed by atoms with Gasteiger partial charge in [-0.15, -0.1) is 0 Å². The number of carboxylic acids is 1. The number of benzene rings is 2. The second-order valence-electron chi connectivity index (χ2n) is 8.03. The number of rotatable bonds is 13. The number of carbonyl (C=O) groups excluding carboxylic acids is 3. The van der Waals surface area contributed by atoms with Crippen molar-refractivity contribution in [2.75, 3.05) is 14.2 Å². The molecule has 40 heavy (non-hydrogen) atoms. The molecule has 13 nitrogen and oxygen atoms in total. The van der Waals surface area contributed by atoms with Gasteiger partial charge < -0.3 is 50.0 Å². The van der Waals surface area contributed by atoms with Gasteiger partial charge in [-0.1, -0.05) is 24.3 Å². The lowest BCUT2D eigenvalue weighted by molar-refractivity contribution is -0.163. The molecule has 0 radical (unpaired) electrons. The molecule has 0 unspecified atom stereocenters. The molecule has 13 heteroatoms. The standard InChI is InChI=1S/C21H20O6.C6H10O7/c1-26-20-11-14(5-9-18(20)24)3-7-16(22)13-17(23)8-4-15-6-10-19(25)21(12-15)27-2;7-1-2(8)3(9)4(10)5(11)6(12)13/h3-12,24-25H,13H2,1-2H3;1-5,8-11H,(H,12,13)/b7-3+,8-4+;/t;2-,3+,4-,5-/m.0/s1. The van der Waals surface area contributed by atoms with Crippen molar-refractivity contribution in [3.8, 4) is 23.0 Å². The van der Waals surface area contributed by atoms with Gasteiger partial charge in [-0.2, -0.15) is 0 Å². The third-order valence-electron chi connectivity index (χ3n) is 5.10. The number of aliphatic hydroxyl groups is 4. The fourth-order valence-electron chi connectivity index (χ4n) is 2.88. The fraction of sp³-hybridized carbons (Fsp3) is 0.259. The smallest absolute Gasteiger partial charge is 0.335 e. The first kappa shape index (κ1) is 33.5. The molecule has 0 heterocycles. The van der Waals surface area contributed by atoms with E-state index in [1.807, 2.05) is 0 Å². The van der Waals surface area contributed by atoms with E-state index in [0.29, 0.717) is 22.6 Å². The molecular weight excluding hydrogens is 532 g/mol. The molecule has 2 rings (SSSR count). The van der Waals surface area contributed by atoms with Crippen LogP contribution in [0.1, 0.15) is 17.5 Å². The first-order valence-corrected chi connectivity index (χ1v) is 11.4. The molecule has 0 aliphatic rings. The second kappa shape index (κ2) is 16.4. The van der Waals surface area contributed by atoms with Gasteiger partial charge in [0.25, 0.3) is 0 Å². The molecule has 0 aliphatic heterocycles. The lowest BCUT2D eigenvalue weighted by Crippen LogP contribution is -2.48. The fourth-order valence-corrected chi connectivity index (χ4v) is 2.88. The molecule has 4 atom stereocenters. The van der Waals surface area contributed by atoms with Gasteiger partial charge in [0.1, 0.15) is 18.3 Å². The summed E-state index contributed by atoms with van der Waals surface area (Å²) in [7, 11) is 2.87. The Labute approximate surface area is 228 Å². The number of carbonyl (C=O) groups is 4. The van der Waals surface area contributed by atoms with Crippen LogP contribution >= 0.6 is 0 Å². The van der Waals surface area contributed by atoms with Crippen molar-refractivity contribution in [3.05, 3.63) is 59.7 Å². The largest absolute Gasteiger partial charge is 0.504 e. The highest BCUT2D eigenvalue weighted by Crippen LogP contribution is 2.27. The van der Waals surface area contributed by atoms with Gasteiger partial charge in [0, 0.05) is 0 Å². The molecule has 0 spiro atoms. The van der Waals surface area contributed by atoms with Crippen molar-refractivity contribution < 1.29 is 64.4 Å². The zero-order valence-corrected chi connectivity index (χ0v) is 21.4. The van der Waals surface area contributed by atoms with E-state index in [-0.39, 0.29) is 35.8 Å². The Hall–Kier alpha value is -4.56. The van der Waals surface area contributed by atoms with Crippen LogP contribution in [-0.4, -0.2) is 98.2 Å². The van der Waals surface area contributed by atoms with Crippen molar-refractivity contribution in [2.45, 2.75) is 30.8 Å². The maximum Gasteiger partial charge on any atom is 0.335 e. The number of aromatic hydroxyl groups is 2. The van der Waals surface area contributed by atoms with Gasteiger partial charge in [-0.05, 0) is 47.5 Å². The number of methoxy groups -OCH3 is 2. The van der Waals surface area contributed by atoms with Crippen LogP contribution in [0.25, 0.3) is 12.2 Å². The number of allylic oxidation sites excluding steroid dienone is 2. The van der Waals surface area contributed by atoms with E-state index in [1.54, 1.807) is 36.4 Å². The molecular formula is C27H30O13. The SMILES string of the molecule is COc1cc(/C=C/C(=O)CC(=O)/C=C/c2ccc(O)c(OC)c2)ccc1O.O=C[C@H](O)[C@@H](O)[C@H](O)[C@H](O)C(=O)O. The van der Waals surface area contributed by atoms with Crippen LogP contribution in [0.2, 0.25) is 0 Å². The number of aliphatic hydroxyl groups excluding tert-OH is 4. The van der Waals surface area contributed by atoms with Gasteiger partial charge in [0.15, 0.2) is 47.0 Å². The van der Waals surface area contributed by atoms with E-state index in [1.165, 1.54) is 38.5 Å². The minimum Gasteiger partial charge on any atom is -0.504 e. The van der Waals surface area contributed by atoms with Crippen molar-refractivity contribution in [1.29, 1.82) is 0 Å². The van der Waals surface area contributed by atoms with Gasteiger partial charge >= 0.3 is 5.97 Å². The van der Waals surface area contributed by atoms with Crippen LogP contribution in [0, 0.1) is 0 Å². The highest BCUT2D eigenvalue weighted by molar-refractivity contribution is 6.10. The zero-order chi connectivity index (χ0) is 30.4. The normalized spacial score (nSPS) is 13.9. The van der Waals surface area contributed by atoms with Crippen molar-refractivity contribution in [2.24, 2.45) is 0 Å². The molecule has 0 saturated carbocycles. The Balaban J connectivity index is 0.000000520. The average Bonchev–Trinajstić information content (AvgIpc) is 2.94. The van der Waals surface area contributed by atoms with Gasteiger partial charge in [-0.3, -0.25) is 9.59 Å². The monoisotopic (exact) mass is 562 g/mol. The van der Waals surface area contributed by atoms with Crippen LogP contribution in [0.3, 0.4) is 0 Å². The Morgan fingerprint density at radius 2 is 1.20 bits per heavy atom. The number of hydrogen-bond acceptors (Lipinski definition) is 12. The molecule has 0 saturated heterocycles. The number of phenols is 2. The number of phenolic OH excluding ortho intramolecular Hbond substituents is 2. The lowest BCUT2D eigenvalue weighted by atomic mass is 10.0. The summed E-state index contributed by atoms with van der Waals surface area (Å²) in [6.45, 7) is 0. The summed E-state index contributed by atoms with van der Waals surface area (Å²) in [5.41, 5.74) is 1.33. The summed E-state index contributed by atoms with van der Waals surface area (Å²) >= 11 is 0. The van der Waals surface area contributed by atoms with Crippen molar-refractivity contribution in [3.63, 3.8) is 0 Å². The molecule has 2 aromatic rings. The third-order valence-corrected chi connectivity index (χ3v) is 5.10. The maximum absolute atomic E-state index is 11.9. The quantitative estimate of drug-likeness (QED) is 0.0976. The average molecular weight is 563 g/mol. The first-order chi connectivity index (χ1) is 18.8. The minimum atomic E-state index is -2.25. The Bertz CT molecular complexity index is 1160. The van der Waals surface area contributed by atoms with E-state index >= 15 is 0 Å². The highest BCUT2D eigenvalue weighted by Gasteiger charge is 2.34. The zero-order valence-electron chi connectivity index (χ0n) is 21.4. The highest BCUT2D eigenvalue weighted by atomic mass is 16.5. The molecule has 0 fully saturated rings. The Morgan fingerprint density at radius 3 is 1.55 bits per heavy atom. The summed E-state index contributed by atoms with van der Waals surface area (Å²) in [6, 6.07) is 9.34. The predicted molar refractivity (Wildman–Crippen MR) is 140 cm³/mol. The third kappa shape index (κ3) is 10.7. The van der Waals surface area contributed by atoms with E-state index < -0.39 is 30.4 Å². The maximum atomic E-state index is 11.9. The molecule has 0 amide bonds. The first-order valence-electron chi connectivity index (χ1n) is 11.4. The lowest BCUT2D eigenvalue weighted by Gasteiger charge is -2.21. The molecule has 0 bridgehead atoms. The van der Waals surface area contributed by atoms with E-state index in [9.17, 15) is 29.4 Å². The van der Waals surface area contributed by atoms with Crippen molar-refractivity contribution in [1.82, 2.24) is 0 Å². The van der Waals surface area contributed by atoms with Crippen LogP contribution in [0.4, 0.5) is 0 Å². The second-order valence-corrected chi connectivity index (χ2v) is 8.03. The molecule has 0 aliphatic carbocycles. The van der Waals surface area contributed by atoms with E-state index in [4.69, 9.17) is 35.0 Å². The summed E-state index contributed by atoms with van der Waals surface area (Å²) in [6.07, 6.45) is -2.95. The van der Waals surface area contributed by atoms with Gasteiger partial charge in [0.05, 0.1) is 20.6 Å². The number of ketones is 2. The predicted octanol–water partition coefficient (Wildman–Crippen LogP) is 0.0834. The van der Waals surface area contributed by atoms with Crippen molar-refractivity contribution >= 4 is 36.0 Å². The number of aliphatic carboxylic acids is 1. The molecule has 2 aromatic carbocycles. The summed E-state index contributed by atoms with van der Waals surface area (Å²) in [5.74, 6) is -1.84. The van der Waals surface area contributed by atoms with Crippen LogP contribution in [0.15, 0.2) is 48.6 Å². The molecule has 7 N–H and O–H groups in total. The van der Waals surface area contributed by atoms with Gasteiger partial charge in [0.2, 0.25) is 0 Å². The molecule has 0 aromatic heterocycles. The number of hydrogen-bond donors (Lipinski definition) is 7. The minimum absolute atomic E-state index is 0.00662. The van der Waals surface area contributed by atoms with E-state index in [2.05, 4.69) is 0 Å². The number of aldehydes is 1. The van der Waals surface area contributed by atoms with Crippen LogP contribution in [0.5, 0.6) is 23.0 Å². The Kier molecular flexibility index (Phi) is 13.7. The molecule has 216 valence electrons. The summed E-state index contributed by atoms with van der Waals surface area (Å²) in [5, 5.41) is 62.3. The summed E-state index contributed by atoms with van der Waals surface area (Å²) < 4.78 is 10.00. The van der Waals surface area contributed by atoms with Gasteiger partial charge in [-0.25, -0.2) is 4.79 Å². The van der Waals surface area contributed by atoms with E-state index in [0.717, 1.165) is 0 Å². The summed E-state index contributed by atoms with van der Waals surface area (Å²) in [4.78, 5) is 43.8. The van der Waals surface area contributed by atoms with Crippen LogP contribution in [-0.2, 0) is 19.2 Å². The Morgan fingerprint density at radius 1 is 0.775 bits per heavy atom.